The average molecular weight is 514 g/mol. The second-order valence-corrected chi connectivity index (χ2v) is 9.57. The predicted octanol–water partition coefficient (Wildman–Crippen LogP) is 4.10. The minimum absolute atomic E-state index is 0.0391. The van der Waals surface area contributed by atoms with Gasteiger partial charge in [0.2, 0.25) is 0 Å². The number of nitrogens with zero attached hydrogens (tertiary/aromatic N) is 5. The van der Waals surface area contributed by atoms with Gasteiger partial charge in [-0.2, -0.15) is 23.4 Å². The number of ether oxygens (including phenoxy) is 2. The van der Waals surface area contributed by atoms with Gasteiger partial charge in [0.1, 0.15) is 17.5 Å². The molecule has 4 aromatic heterocycles. The van der Waals surface area contributed by atoms with Crippen LogP contribution >= 0.6 is 0 Å². The number of rotatable bonds is 5. The minimum atomic E-state index is -4.50. The zero-order valence-electron chi connectivity index (χ0n) is 20.3. The summed E-state index contributed by atoms with van der Waals surface area (Å²) in [6, 6.07) is 9.10. The molecule has 194 valence electrons. The molecule has 9 nitrogen and oxygen atoms in total. The summed E-state index contributed by atoms with van der Waals surface area (Å²) < 4.78 is 54.2. The maximum Gasteiger partial charge on any atom is 0.433 e. The van der Waals surface area contributed by atoms with Crippen LogP contribution in [0.2, 0.25) is 0 Å². The molecular weight excluding hydrogens is 487 g/mol. The number of piperidine rings is 1. The highest BCUT2D eigenvalue weighted by molar-refractivity contribution is 5.85. The monoisotopic (exact) mass is 513 g/mol. The molecule has 2 atom stereocenters. The summed E-state index contributed by atoms with van der Waals surface area (Å²) >= 11 is 0. The molecule has 6 heterocycles. The van der Waals surface area contributed by atoms with Gasteiger partial charge in [-0.1, -0.05) is 6.07 Å². The fraction of sp³-hybridized carbons (Fsp3) is 0.400. The summed E-state index contributed by atoms with van der Waals surface area (Å²) in [5, 5.41) is 14.9. The molecule has 0 aliphatic carbocycles. The third-order valence-electron chi connectivity index (χ3n) is 6.72. The van der Waals surface area contributed by atoms with E-state index in [0.717, 1.165) is 45.9 Å². The van der Waals surface area contributed by atoms with E-state index in [-0.39, 0.29) is 24.0 Å². The molecule has 2 bridgehead atoms. The fourth-order valence-corrected chi connectivity index (χ4v) is 5.14. The Bertz CT molecular complexity index is 1440. The summed E-state index contributed by atoms with van der Waals surface area (Å²) in [4.78, 5) is 4.47. The Hall–Kier alpha value is -3.64. The number of halogens is 3. The van der Waals surface area contributed by atoms with Crippen LogP contribution in [-0.4, -0.2) is 55.8 Å². The number of nitrogens with one attached hydrogen (secondary N) is 2. The summed E-state index contributed by atoms with van der Waals surface area (Å²) in [7, 11) is 1.26. The predicted molar refractivity (Wildman–Crippen MR) is 130 cm³/mol. The van der Waals surface area contributed by atoms with Gasteiger partial charge in [0, 0.05) is 67.1 Å². The SMILES string of the molecule is Cc1cc(-c2cccn3nc(Nc4cc(C(F)(F)F)n(C)n4)cc23)c(OC2CC3COCC(C2)N3)cn1. The van der Waals surface area contributed by atoms with Crippen molar-refractivity contribution in [3.63, 3.8) is 0 Å². The summed E-state index contributed by atoms with van der Waals surface area (Å²) in [6.07, 6.45) is 0.773. The van der Waals surface area contributed by atoms with Crippen molar-refractivity contribution in [1.29, 1.82) is 0 Å². The number of hydrogen-bond acceptors (Lipinski definition) is 7. The highest BCUT2D eigenvalue weighted by Gasteiger charge is 2.35. The van der Waals surface area contributed by atoms with E-state index in [2.05, 4.69) is 25.8 Å². The van der Waals surface area contributed by atoms with Gasteiger partial charge in [-0.25, -0.2) is 4.52 Å². The zero-order valence-corrected chi connectivity index (χ0v) is 20.3. The lowest BCUT2D eigenvalue weighted by Gasteiger charge is -2.40. The van der Waals surface area contributed by atoms with Gasteiger partial charge >= 0.3 is 6.18 Å². The van der Waals surface area contributed by atoms with Crippen molar-refractivity contribution in [2.75, 3.05) is 18.5 Å². The third-order valence-corrected chi connectivity index (χ3v) is 6.72. The number of fused-ring (bicyclic) bond motifs is 3. The van der Waals surface area contributed by atoms with Gasteiger partial charge in [0.25, 0.3) is 0 Å². The molecule has 0 saturated carbocycles. The van der Waals surface area contributed by atoms with Gasteiger partial charge in [-0.05, 0) is 19.1 Å². The van der Waals surface area contributed by atoms with Crippen LogP contribution in [0.3, 0.4) is 0 Å². The van der Waals surface area contributed by atoms with Crippen LogP contribution in [0.1, 0.15) is 24.2 Å². The lowest BCUT2D eigenvalue weighted by atomic mass is 9.94. The van der Waals surface area contributed by atoms with Crippen molar-refractivity contribution < 1.29 is 22.6 Å². The highest BCUT2D eigenvalue weighted by atomic mass is 19.4. The molecule has 37 heavy (non-hydrogen) atoms. The van der Waals surface area contributed by atoms with Gasteiger partial charge in [0.05, 0.1) is 24.9 Å². The Morgan fingerprint density at radius 3 is 2.57 bits per heavy atom. The van der Waals surface area contributed by atoms with Gasteiger partial charge in [-0.3, -0.25) is 9.67 Å². The average Bonchev–Trinajstić information content (AvgIpc) is 3.42. The van der Waals surface area contributed by atoms with Gasteiger partial charge in [0.15, 0.2) is 11.6 Å². The van der Waals surface area contributed by atoms with E-state index in [1.165, 1.54) is 7.05 Å². The Kier molecular flexibility index (Phi) is 5.80. The standard InChI is InChI=1S/C25H26F3N7O2/c1-14-6-19(21(11-29-14)37-17-7-15-12-36-13-16(8-17)30-15)18-4-3-5-35-20(18)9-23(33-35)31-24-10-22(25(26,27)28)34(2)32-24/h3-6,9-11,15-17,30H,7-8,12-13H2,1-2H3,(H,31,32,33). The maximum atomic E-state index is 13.2. The van der Waals surface area contributed by atoms with Crippen molar-refractivity contribution in [2.45, 2.75) is 44.1 Å². The van der Waals surface area contributed by atoms with Crippen molar-refractivity contribution in [2.24, 2.45) is 7.05 Å². The lowest BCUT2D eigenvalue weighted by Crippen LogP contribution is -2.56. The number of alkyl halides is 3. The van der Waals surface area contributed by atoms with Crippen LogP contribution in [-0.2, 0) is 18.0 Å². The molecule has 2 aliphatic rings. The quantitative estimate of drug-likeness (QED) is 0.415. The smallest absolute Gasteiger partial charge is 0.433 e. The first kappa shape index (κ1) is 23.7. The van der Waals surface area contributed by atoms with Gasteiger partial charge < -0.3 is 20.1 Å². The van der Waals surface area contributed by atoms with E-state index in [4.69, 9.17) is 9.47 Å². The van der Waals surface area contributed by atoms with E-state index in [1.807, 2.05) is 25.1 Å². The molecule has 2 fully saturated rings. The number of pyridine rings is 2. The zero-order chi connectivity index (χ0) is 25.7. The molecule has 2 N–H and O–H groups in total. The second kappa shape index (κ2) is 9.03. The van der Waals surface area contributed by atoms with E-state index in [0.29, 0.717) is 24.8 Å². The third kappa shape index (κ3) is 4.74. The summed E-state index contributed by atoms with van der Waals surface area (Å²) in [5.41, 5.74) is 2.51. The van der Waals surface area contributed by atoms with E-state index >= 15 is 0 Å². The Balaban J connectivity index is 1.32. The number of anilines is 2. The molecule has 4 aromatic rings. The van der Waals surface area contributed by atoms with Crippen molar-refractivity contribution in [3.05, 3.63) is 54.1 Å². The molecule has 12 heteroatoms. The minimum Gasteiger partial charge on any atom is -0.488 e. The second-order valence-electron chi connectivity index (χ2n) is 9.57. The molecule has 0 spiro atoms. The molecular formula is C25H26F3N7O2. The van der Waals surface area contributed by atoms with Crippen LogP contribution in [0.4, 0.5) is 24.8 Å². The van der Waals surface area contributed by atoms with Gasteiger partial charge in [-0.15, -0.1) is 0 Å². The molecule has 0 aromatic carbocycles. The number of hydrogen-bond donors (Lipinski definition) is 2. The van der Waals surface area contributed by atoms with Crippen molar-refractivity contribution in [3.8, 4) is 16.9 Å². The lowest BCUT2D eigenvalue weighted by molar-refractivity contribution is -0.143. The molecule has 2 saturated heterocycles. The van der Waals surface area contributed by atoms with Crippen LogP contribution < -0.4 is 15.4 Å². The first-order valence-electron chi connectivity index (χ1n) is 12.1. The Morgan fingerprint density at radius 1 is 1.08 bits per heavy atom. The summed E-state index contributed by atoms with van der Waals surface area (Å²) in [6.45, 7) is 3.28. The van der Waals surface area contributed by atoms with Crippen molar-refractivity contribution in [1.82, 2.24) is 29.7 Å². The van der Waals surface area contributed by atoms with E-state index < -0.39 is 11.9 Å². The number of aromatic nitrogens is 5. The largest absolute Gasteiger partial charge is 0.488 e. The molecule has 0 radical (unpaired) electrons. The Labute approximate surface area is 210 Å². The van der Waals surface area contributed by atoms with Crippen LogP contribution in [0.5, 0.6) is 5.75 Å². The maximum absolute atomic E-state index is 13.2. The Morgan fingerprint density at radius 2 is 1.84 bits per heavy atom. The first-order valence-corrected chi connectivity index (χ1v) is 12.1. The molecule has 2 unspecified atom stereocenters. The summed E-state index contributed by atoms with van der Waals surface area (Å²) in [5.74, 6) is 1.11. The normalized spacial score (nSPS) is 21.8. The van der Waals surface area contributed by atoms with Crippen LogP contribution in [0.25, 0.3) is 16.6 Å². The molecule has 0 amide bonds. The number of morpholine rings is 1. The van der Waals surface area contributed by atoms with Crippen LogP contribution in [0, 0.1) is 6.92 Å². The topological polar surface area (TPSA) is 90.5 Å². The molecule has 2 aliphatic heterocycles. The number of aryl methyl sites for hydroxylation is 2. The van der Waals surface area contributed by atoms with E-state index in [9.17, 15) is 13.2 Å². The van der Waals surface area contributed by atoms with Crippen molar-refractivity contribution >= 4 is 17.2 Å². The highest BCUT2D eigenvalue weighted by Crippen LogP contribution is 2.36. The molecule has 6 rings (SSSR count). The fourth-order valence-electron chi connectivity index (χ4n) is 5.14. The first-order chi connectivity index (χ1) is 17.7. The van der Waals surface area contributed by atoms with Crippen LogP contribution in [0.15, 0.2) is 42.7 Å². The van der Waals surface area contributed by atoms with E-state index in [1.54, 1.807) is 23.0 Å².